The molecule has 1 atom stereocenters. The monoisotopic (exact) mass is 199 g/mol. The molecule has 13 heavy (non-hydrogen) atoms. The lowest BCUT2D eigenvalue weighted by molar-refractivity contribution is -0.384. The van der Waals surface area contributed by atoms with Crippen molar-refractivity contribution in [3.05, 3.63) is 39.9 Å². The Morgan fingerprint density at radius 1 is 1.46 bits per heavy atom. The summed E-state index contributed by atoms with van der Waals surface area (Å²) >= 11 is 4.09. The third kappa shape index (κ3) is 2.43. The average Bonchev–Trinajstić information content (AvgIpc) is 2.17. The second kappa shape index (κ2) is 4.25. The highest BCUT2D eigenvalue weighted by molar-refractivity contribution is 7.80. The third-order valence-corrected chi connectivity index (χ3v) is 2.12. The van der Waals surface area contributed by atoms with E-state index in [9.17, 15) is 10.1 Å². The van der Waals surface area contributed by atoms with E-state index >= 15 is 0 Å². The van der Waals surface area contributed by atoms with Crippen molar-refractivity contribution < 1.29 is 10.0 Å². The fourth-order valence-corrected chi connectivity index (χ4v) is 1.10. The maximum absolute atomic E-state index is 10.3. The van der Waals surface area contributed by atoms with Gasteiger partial charge in [0.25, 0.3) is 5.69 Å². The molecule has 0 fully saturated rings. The molecule has 1 aromatic rings. The van der Waals surface area contributed by atoms with E-state index in [0.717, 1.165) is 5.56 Å². The van der Waals surface area contributed by atoms with Gasteiger partial charge in [0.05, 0.1) is 11.5 Å². The van der Waals surface area contributed by atoms with Crippen LogP contribution >= 0.6 is 12.6 Å². The summed E-state index contributed by atoms with van der Waals surface area (Å²) in [6.07, 6.45) is 0. The summed E-state index contributed by atoms with van der Waals surface area (Å²) in [7, 11) is 0. The normalized spacial score (nSPS) is 12.5. The molecule has 0 radical (unpaired) electrons. The summed E-state index contributed by atoms with van der Waals surface area (Å²) < 4.78 is 0. The van der Waals surface area contributed by atoms with Gasteiger partial charge in [-0.15, -0.1) is 0 Å². The molecule has 1 rings (SSSR count). The number of nitrogens with zero attached hydrogens (tertiary/aromatic N) is 1. The SMILES string of the molecule is O=[N+]([O-])c1ccc(C(S)CO)cc1. The molecule has 1 aromatic carbocycles. The van der Waals surface area contributed by atoms with Gasteiger partial charge in [-0.25, -0.2) is 0 Å². The van der Waals surface area contributed by atoms with Crippen molar-refractivity contribution in [2.24, 2.45) is 0 Å². The summed E-state index contributed by atoms with van der Waals surface area (Å²) in [4.78, 5) is 9.83. The molecule has 0 heterocycles. The first-order valence-corrected chi connectivity index (χ1v) is 4.20. The molecule has 4 nitrogen and oxygen atoms in total. The van der Waals surface area contributed by atoms with Gasteiger partial charge in [-0.3, -0.25) is 10.1 Å². The molecule has 0 saturated carbocycles. The van der Waals surface area contributed by atoms with Gasteiger partial charge in [0, 0.05) is 17.4 Å². The maximum atomic E-state index is 10.3. The summed E-state index contributed by atoms with van der Waals surface area (Å²) in [5.41, 5.74) is 0.818. The van der Waals surface area contributed by atoms with Crippen LogP contribution in [-0.4, -0.2) is 16.6 Å². The van der Waals surface area contributed by atoms with E-state index in [1.165, 1.54) is 12.1 Å². The fraction of sp³-hybridized carbons (Fsp3) is 0.250. The molecule has 0 aliphatic heterocycles. The number of hydrogen-bond acceptors (Lipinski definition) is 4. The van der Waals surface area contributed by atoms with Crippen molar-refractivity contribution in [2.75, 3.05) is 6.61 Å². The van der Waals surface area contributed by atoms with E-state index in [1.807, 2.05) is 0 Å². The van der Waals surface area contributed by atoms with Crippen LogP contribution in [0.4, 0.5) is 5.69 Å². The lowest BCUT2D eigenvalue weighted by Crippen LogP contribution is -1.96. The first kappa shape index (κ1) is 10.0. The topological polar surface area (TPSA) is 63.4 Å². The van der Waals surface area contributed by atoms with Crippen LogP contribution in [0.3, 0.4) is 0 Å². The van der Waals surface area contributed by atoms with Crippen LogP contribution in [0.25, 0.3) is 0 Å². The lowest BCUT2D eigenvalue weighted by atomic mass is 10.1. The van der Waals surface area contributed by atoms with Crippen molar-refractivity contribution in [2.45, 2.75) is 5.25 Å². The zero-order valence-electron chi connectivity index (χ0n) is 6.75. The Kier molecular flexibility index (Phi) is 3.27. The fourth-order valence-electron chi connectivity index (χ4n) is 0.924. The number of hydrogen-bond donors (Lipinski definition) is 2. The van der Waals surface area contributed by atoms with Gasteiger partial charge in [-0.2, -0.15) is 12.6 Å². The quantitative estimate of drug-likeness (QED) is 0.441. The van der Waals surface area contributed by atoms with Crippen molar-refractivity contribution >= 4 is 18.3 Å². The smallest absolute Gasteiger partial charge is 0.269 e. The average molecular weight is 199 g/mol. The van der Waals surface area contributed by atoms with Gasteiger partial charge in [-0.05, 0) is 5.56 Å². The van der Waals surface area contributed by atoms with Crippen molar-refractivity contribution in [3.8, 4) is 0 Å². The summed E-state index contributed by atoms with van der Waals surface area (Å²) in [5.74, 6) is 0. The van der Waals surface area contributed by atoms with E-state index in [2.05, 4.69) is 12.6 Å². The number of non-ortho nitro benzene ring substituents is 1. The minimum atomic E-state index is -0.462. The highest BCUT2D eigenvalue weighted by Gasteiger charge is 2.07. The van der Waals surface area contributed by atoms with Crippen LogP contribution < -0.4 is 0 Å². The molecule has 70 valence electrons. The predicted molar refractivity (Wildman–Crippen MR) is 51.9 cm³/mol. The standard InChI is InChI=1S/C8H9NO3S/c10-5-8(13)6-1-3-7(4-2-6)9(11)12/h1-4,8,10,13H,5H2. The zero-order valence-corrected chi connectivity index (χ0v) is 7.65. The molecule has 1 unspecified atom stereocenters. The minimum Gasteiger partial charge on any atom is -0.395 e. The number of aliphatic hydroxyl groups is 1. The number of aliphatic hydroxyl groups excluding tert-OH is 1. The Balaban J connectivity index is 2.87. The van der Waals surface area contributed by atoms with E-state index < -0.39 is 4.92 Å². The second-order valence-corrected chi connectivity index (χ2v) is 3.17. The molecule has 0 amide bonds. The maximum Gasteiger partial charge on any atom is 0.269 e. The van der Waals surface area contributed by atoms with Crippen LogP contribution in [0.15, 0.2) is 24.3 Å². The van der Waals surface area contributed by atoms with Crippen molar-refractivity contribution in [3.63, 3.8) is 0 Å². The number of rotatable bonds is 3. The molecule has 1 N–H and O–H groups in total. The van der Waals surface area contributed by atoms with E-state index in [1.54, 1.807) is 12.1 Å². The Morgan fingerprint density at radius 2 is 2.00 bits per heavy atom. The summed E-state index contributed by atoms with van der Waals surface area (Å²) in [6.45, 7) is -0.0824. The van der Waals surface area contributed by atoms with Gasteiger partial charge in [0.1, 0.15) is 0 Å². The number of thiol groups is 1. The van der Waals surface area contributed by atoms with Gasteiger partial charge in [0.15, 0.2) is 0 Å². The Labute approximate surface area is 80.8 Å². The number of nitro groups is 1. The largest absolute Gasteiger partial charge is 0.395 e. The number of benzene rings is 1. The van der Waals surface area contributed by atoms with E-state index in [0.29, 0.717) is 0 Å². The Hall–Kier alpha value is -1.07. The lowest BCUT2D eigenvalue weighted by Gasteiger charge is -2.05. The molecular formula is C8H9NO3S. The summed E-state index contributed by atoms with van der Waals surface area (Å²) in [5, 5.41) is 18.8. The zero-order chi connectivity index (χ0) is 9.84. The molecule has 0 aromatic heterocycles. The summed E-state index contributed by atoms with van der Waals surface area (Å²) in [6, 6.07) is 5.97. The third-order valence-electron chi connectivity index (χ3n) is 1.66. The van der Waals surface area contributed by atoms with Crippen molar-refractivity contribution in [1.82, 2.24) is 0 Å². The van der Waals surface area contributed by atoms with Crippen LogP contribution in [0.5, 0.6) is 0 Å². The van der Waals surface area contributed by atoms with Crippen LogP contribution in [0.2, 0.25) is 0 Å². The van der Waals surface area contributed by atoms with Gasteiger partial charge < -0.3 is 5.11 Å². The Morgan fingerprint density at radius 3 is 2.38 bits per heavy atom. The van der Waals surface area contributed by atoms with Gasteiger partial charge >= 0.3 is 0 Å². The minimum absolute atomic E-state index is 0.0437. The van der Waals surface area contributed by atoms with Crippen LogP contribution in [0.1, 0.15) is 10.8 Å². The Bertz CT molecular complexity index is 299. The van der Waals surface area contributed by atoms with Gasteiger partial charge in [-0.1, -0.05) is 12.1 Å². The van der Waals surface area contributed by atoms with E-state index in [-0.39, 0.29) is 17.5 Å². The predicted octanol–water partition coefficient (Wildman–Crippen LogP) is 1.56. The van der Waals surface area contributed by atoms with Crippen LogP contribution in [0, 0.1) is 10.1 Å². The highest BCUT2D eigenvalue weighted by Crippen LogP contribution is 2.21. The van der Waals surface area contributed by atoms with Gasteiger partial charge in [0.2, 0.25) is 0 Å². The molecule has 0 aliphatic rings. The first-order valence-electron chi connectivity index (χ1n) is 3.68. The van der Waals surface area contributed by atoms with E-state index in [4.69, 9.17) is 5.11 Å². The number of nitro benzene ring substituents is 1. The molecule has 0 aliphatic carbocycles. The molecule has 5 heteroatoms. The molecular weight excluding hydrogens is 190 g/mol. The molecule has 0 bridgehead atoms. The highest BCUT2D eigenvalue weighted by atomic mass is 32.1. The second-order valence-electron chi connectivity index (χ2n) is 2.55. The molecule has 0 saturated heterocycles. The first-order chi connectivity index (χ1) is 6.15. The molecule has 0 spiro atoms. The van der Waals surface area contributed by atoms with Crippen molar-refractivity contribution in [1.29, 1.82) is 0 Å². The van der Waals surface area contributed by atoms with Crippen LogP contribution in [-0.2, 0) is 0 Å².